The summed E-state index contributed by atoms with van der Waals surface area (Å²) in [4.78, 5) is 21.8. The SMILES string of the molecule is CCOc1cc([N+](=O)[O-])c(OCC)cc1NC(=O)CCl. The number of carbonyl (C=O) groups excluding carboxylic acids is 1. The van der Waals surface area contributed by atoms with Gasteiger partial charge in [-0.2, -0.15) is 0 Å². The molecule has 1 rings (SSSR count). The Kier molecular flexibility index (Phi) is 6.05. The van der Waals surface area contributed by atoms with Gasteiger partial charge in [0, 0.05) is 6.07 Å². The maximum atomic E-state index is 11.4. The molecule has 0 atom stereocenters. The van der Waals surface area contributed by atoms with Gasteiger partial charge >= 0.3 is 5.69 Å². The summed E-state index contributed by atoms with van der Waals surface area (Å²) in [5, 5.41) is 13.5. The van der Waals surface area contributed by atoms with Gasteiger partial charge in [-0.25, -0.2) is 0 Å². The van der Waals surface area contributed by atoms with E-state index in [1.807, 2.05) is 0 Å². The van der Waals surface area contributed by atoms with E-state index in [9.17, 15) is 14.9 Å². The van der Waals surface area contributed by atoms with Gasteiger partial charge in [-0.3, -0.25) is 14.9 Å². The Hall–Kier alpha value is -2.02. The molecule has 0 bridgehead atoms. The summed E-state index contributed by atoms with van der Waals surface area (Å²) in [6.45, 7) is 4.00. The average Bonchev–Trinajstić information content (AvgIpc) is 2.41. The third kappa shape index (κ3) is 3.99. The van der Waals surface area contributed by atoms with Crippen molar-refractivity contribution >= 4 is 28.9 Å². The molecule has 1 N–H and O–H groups in total. The molecule has 0 aliphatic heterocycles. The number of nitro groups is 1. The van der Waals surface area contributed by atoms with E-state index in [-0.39, 0.29) is 35.4 Å². The van der Waals surface area contributed by atoms with Crippen molar-refractivity contribution in [1.29, 1.82) is 0 Å². The van der Waals surface area contributed by atoms with E-state index in [0.29, 0.717) is 6.61 Å². The van der Waals surface area contributed by atoms with E-state index in [1.165, 1.54) is 12.1 Å². The molecule has 0 aliphatic carbocycles. The number of nitrogens with zero attached hydrogens (tertiary/aromatic N) is 1. The molecule has 0 saturated heterocycles. The van der Waals surface area contributed by atoms with Crippen molar-refractivity contribution in [2.75, 3.05) is 24.4 Å². The second-order valence-corrected chi connectivity index (χ2v) is 3.89. The van der Waals surface area contributed by atoms with E-state index >= 15 is 0 Å². The van der Waals surface area contributed by atoms with Crippen molar-refractivity contribution in [1.82, 2.24) is 0 Å². The lowest BCUT2D eigenvalue weighted by Gasteiger charge is -2.13. The predicted octanol–water partition coefficient (Wildman–Crippen LogP) is 2.57. The maximum absolute atomic E-state index is 11.4. The number of amides is 1. The molecule has 7 nitrogen and oxygen atoms in total. The first kappa shape index (κ1) is 16.0. The monoisotopic (exact) mass is 302 g/mol. The molecule has 0 aromatic heterocycles. The number of nitro benzene ring substituents is 1. The minimum absolute atomic E-state index is 0.0609. The first-order valence-electron chi connectivity index (χ1n) is 5.97. The van der Waals surface area contributed by atoms with Crippen LogP contribution < -0.4 is 14.8 Å². The number of halogens is 1. The fourth-order valence-electron chi connectivity index (χ4n) is 1.52. The normalized spacial score (nSPS) is 9.95. The van der Waals surface area contributed by atoms with Gasteiger partial charge in [0.15, 0.2) is 5.75 Å². The molecule has 1 amide bonds. The fourth-order valence-corrected chi connectivity index (χ4v) is 1.59. The Balaban J connectivity index is 3.28. The Morgan fingerprint density at radius 1 is 1.30 bits per heavy atom. The van der Waals surface area contributed by atoms with Gasteiger partial charge in [-0.1, -0.05) is 0 Å². The number of hydrogen-bond acceptors (Lipinski definition) is 5. The molecule has 0 unspecified atom stereocenters. The van der Waals surface area contributed by atoms with Crippen LogP contribution >= 0.6 is 11.6 Å². The van der Waals surface area contributed by atoms with Crippen LogP contribution in [0.1, 0.15) is 13.8 Å². The third-order valence-corrected chi connectivity index (χ3v) is 2.50. The quantitative estimate of drug-likeness (QED) is 0.475. The lowest BCUT2D eigenvalue weighted by atomic mass is 10.2. The first-order valence-corrected chi connectivity index (χ1v) is 6.50. The highest BCUT2D eigenvalue weighted by Crippen LogP contribution is 2.38. The number of rotatable bonds is 7. The molecular formula is C12H15ClN2O5. The number of alkyl halides is 1. The van der Waals surface area contributed by atoms with E-state index in [1.54, 1.807) is 13.8 Å². The van der Waals surface area contributed by atoms with E-state index < -0.39 is 10.8 Å². The zero-order chi connectivity index (χ0) is 15.1. The van der Waals surface area contributed by atoms with Crippen LogP contribution in [-0.2, 0) is 4.79 Å². The summed E-state index contributed by atoms with van der Waals surface area (Å²) in [6.07, 6.45) is 0. The Morgan fingerprint density at radius 2 is 1.90 bits per heavy atom. The van der Waals surface area contributed by atoms with Gasteiger partial charge in [0.25, 0.3) is 0 Å². The Labute approximate surface area is 121 Å². The topological polar surface area (TPSA) is 90.7 Å². The lowest BCUT2D eigenvalue weighted by Crippen LogP contribution is -2.14. The van der Waals surface area contributed by atoms with E-state index in [4.69, 9.17) is 21.1 Å². The third-order valence-electron chi connectivity index (χ3n) is 2.25. The van der Waals surface area contributed by atoms with Crippen molar-refractivity contribution < 1.29 is 19.2 Å². The van der Waals surface area contributed by atoms with Crippen LogP contribution in [0.4, 0.5) is 11.4 Å². The number of hydrogen-bond donors (Lipinski definition) is 1. The summed E-state index contributed by atoms with van der Waals surface area (Å²) in [7, 11) is 0. The second-order valence-electron chi connectivity index (χ2n) is 3.62. The van der Waals surface area contributed by atoms with E-state index in [0.717, 1.165) is 0 Å². The van der Waals surface area contributed by atoms with Crippen molar-refractivity contribution in [3.05, 3.63) is 22.2 Å². The number of nitrogens with one attached hydrogen (secondary N) is 1. The zero-order valence-corrected chi connectivity index (χ0v) is 11.9. The molecule has 0 aliphatic rings. The molecule has 110 valence electrons. The molecule has 1 aromatic rings. The molecule has 8 heteroatoms. The van der Waals surface area contributed by atoms with Crippen LogP contribution in [0.5, 0.6) is 11.5 Å². The predicted molar refractivity (Wildman–Crippen MR) is 74.8 cm³/mol. The standard InChI is InChI=1S/C12H15ClN2O5/c1-3-19-10-6-9(15(17)18)11(20-4-2)5-8(10)14-12(16)7-13/h5-6H,3-4,7H2,1-2H3,(H,14,16). The van der Waals surface area contributed by atoms with Crippen molar-refractivity contribution in [2.24, 2.45) is 0 Å². The first-order chi connectivity index (χ1) is 9.53. The highest BCUT2D eigenvalue weighted by Gasteiger charge is 2.21. The van der Waals surface area contributed by atoms with Crippen molar-refractivity contribution in [3.63, 3.8) is 0 Å². The molecule has 0 fully saturated rings. The fraction of sp³-hybridized carbons (Fsp3) is 0.417. The highest BCUT2D eigenvalue weighted by atomic mass is 35.5. The van der Waals surface area contributed by atoms with Crippen LogP contribution in [0.25, 0.3) is 0 Å². The highest BCUT2D eigenvalue weighted by molar-refractivity contribution is 6.29. The summed E-state index contributed by atoms with van der Waals surface area (Å²) in [6, 6.07) is 2.58. The summed E-state index contributed by atoms with van der Waals surface area (Å²) < 4.78 is 10.5. The zero-order valence-electron chi connectivity index (χ0n) is 11.1. The van der Waals surface area contributed by atoms with Crippen LogP contribution in [0, 0.1) is 10.1 Å². The van der Waals surface area contributed by atoms with Gasteiger partial charge < -0.3 is 14.8 Å². The smallest absolute Gasteiger partial charge is 0.314 e. The molecule has 20 heavy (non-hydrogen) atoms. The molecule has 0 heterocycles. The molecule has 0 spiro atoms. The summed E-state index contributed by atoms with van der Waals surface area (Å²) in [5.41, 5.74) is 0.0609. The minimum Gasteiger partial charge on any atom is -0.491 e. The number of ether oxygens (including phenoxy) is 2. The van der Waals surface area contributed by atoms with Gasteiger partial charge in [-0.05, 0) is 13.8 Å². The van der Waals surface area contributed by atoms with Gasteiger partial charge in [0.05, 0.1) is 29.9 Å². The van der Waals surface area contributed by atoms with Crippen molar-refractivity contribution in [3.8, 4) is 11.5 Å². The largest absolute Gasteiger partial charge is 0.491 e. The van der Waals surface area contributed by atoms with Gasteiger partial charge in [0.2, 0.25) is 5.91 Å². The maximum Gasteiger partial charge on any atom is 0.314 e. The Morgan fingerprint density at radius 3 is 2.40 bits per heavy atom. The second kappa shape index (κ2) is 7.54. The van der Waals surface area contributed by atoms with Crippen LogP contribution in [-0.4, -0.2) is 29.9 Å². The summed E-state index contributed by atoms with van der Waals surface area (Å²) in [5.74, 6) is -0.414. The van der Waals surface area contributed by atoms with Crippen LogP contribution in [0.3, 0.4) is 0 Å². The summed E-state index contributed by atoms with van der Waals surface area (Å²) >= 11 is 5.42. The van der Waals surface area contributed by atoms with Gasteiger partial charge in [0.1, 0.15) is 11.6 Å². The lowest BCUT2D eigenvalue weighted by molar-refractivity contribution is -0.385. The average molecular weight is 303 g/mol. The molecule has 1 aromatic carbocycles. The van der Waals surface area contributed by atoms with Crippen LogP contribution in [0.2, 0.25) is 0 Å². The van der Waals surface area contributed by atoms with Gasteiger partial charge in [-0.15, -0.1) is 11.6 Å². The number of anilines is 1. The minimum atomic E-state index is -0.569. The number of carbonyl (C=O) groups is 1. The molecule has 0 radical (unpaired) electrons. The number of benzene rings is 1. The molecular weight excluding hydrogens is 288 g/mol. The van der Waals surface area contributed by atoms with Crippen molar-refractivity contribution in [2.45, 2.75) is 13.8 Å². The molecule has 0 saturated carbocycles. The van der Waals surface area contributed by atoms with E-state index in [2.05, 4.69) is 5.32 Å². The Bertz CT molecular complexity index is 507. The van der Waals surface area contributed by atoms with Crippen LogP contribution in [0.15, 0.2) is 12.1 Å².